The fourth-order valence-corrected chi connectivity index (χ4v) is 3.39. The molecule has 0 saturated heterocycles. The van der Waals surface area contributed by atoms with Crippen LogP contribution in [0.4, 0.5) is 10.1 Å². The van der Waals surface area contributed by atoms with Crippen molar-refractivity contribution in [2.24, 2.45) is 0 Å². The van der Waals surface area contributed by atoms with Crippen LogP contribution in [-0.2, 0) is 13.2 Å². The smallest absolute Gasteiger partial charge is 0.175 e. The van der Waals surface area contributed by atoms with E-state index >= 15 is 0 Å². The number of rotatable bonds is 8. The maximum Gasteiger partial charge on any atom is 0.175 e. The van der Waals surface area contributed by atoms with E-state index < -0.39 is 0 Å². The Balaban J connectivity index is 1.74. The summed E-state index contributed by atoms with van der Waals surface area (Å²) in [6.07, 6.45) is 0. The molecule has 0 aliphatic rings. The van der Waals surface area contributed by atoms with Crippen LogP contribution in [0.15, 0.2) is 65.1 Å². The summed E-state index contributed by atoms with van der Waals surface area (Å²) in [7, 11) is 0. The SMILES string of the molecule is CCOc1cc(CNc2ccc(C)cc2)cc(Br)c1OCc1cccc(F)c1. The van der Waals surface area contributed by atoms with Gasteiger partial charge in [-0.25, -0.2) is 4.39 Å². The molecule has 1 N–H and O–H groups in total. The van der Waals surface area contributed by atoms with Crippen molar-refractivity contribution in [1.82, 2.24) is 0 Å². The first-order valence-electron chi connectivity index (χ1n) is 9.18. The summed E-state index contributed by atoms with van der Waals surface area (Å²) < 4.78 is 25.9. The number of ether oxygens (including phenoxy) is 2. The first-order valence-corrected chi connectivity index (χ1v) is 9.97. The van der Waals surface area contributed by atoms with Gasteiger partial charge in [-0.15, -0.1) is 0 Å². The number of aryl methyl sites for hydroxylation is 1. The molecular weight excluding hydrogens is 421 g/mol. The van der Waals surface area contributed by atoms with Gasteiger partial charge in [-0.05, 0) is 77.3 Å². The van der Waals surface area contributed by atoms with Crippen LogP contribution in [0, 0.1) is 12.7 Å². The number of hydrogen-bond acceptors (Lipinski definition) is 3. The Labute approximate surface area is 173 Å². The maximum absolute atomic E-state index is 13.4. The van der Waals surface area contributed by atoms with Crippen LogP contribution in [0.2, 0.25) is 0 Å². The molecule has 0 unspecified atom stereocenters. The third kappa shape index (κ3) is 5.49. The topological polar surface area (TPSA) is 30.5 Å². The Hall–Kier alpha value is -2.53. The van der Waals surface area contributed by atoms with Gasteiger partial charge in [-0.1, -0.05) is 29.8 Å². The van der Waals surface area contributed by atoms with Crippen LogP contribution < -0.4 is 14.8 Å². The lowest BCUT2D eigenvalue weighted by molar-refractivity contribution is 0.267. The molecule has 3 aromatic rings. The molecular formula is C23H23BrFNO2. The van der Waals surface area contributed by atoms with E-state index in [0.717, 1.165) is 21.3 Å². The standard InChI is InChI=1S/C23H23BrFNO2/c1-3-27-22-13-18(14-26-20-9-7-16(2)8-10-20)12-21(24)23(22)28-15-17-5-4-6-19(25)11-17/h4-13,26H,3,14-15H2,1-2H3. The molecule has 0 aliphatic carbocycles. The van der Waals surface area contributed by atoms with Gasteiger partial charge in [0.15, 0.2) is 11.5 Å². The van der Waals surface area contributed by atoms with E-state index in [-0.39, 0.29) is 12.4 Å². The number of nitrogens with one attached hydrogen (secondary N) is 1. The Morgan fingerprint density at radius 1 is 0.964 bits per heavy atom. The molecule has 146 valence electrons. The van der Waals surface area contributed by atoms with Gasteiger partial charge in [0.2, 0.25) is 0 Å². The minimum absolute atomic E-state index is 0.261. The molecule has 0 aliphatic heterocycles. The van der Waals surface area contributed by atoms with E-state index in [1.165, 1.54) is 17.7 Å². The number of anilines is 1. The van der Waals surface area contributed by atoms with Gasteiger partial charge in [-0.3, -0.25) is 0 Å². The average molecular weight is 444 g/mol. The van der Waals surface area contributed by atoms with E-state index in [1.807, 2.05) is 25.1 Å². The van der Waals surface area contributed by atoms with E-state index in [0.29, 0.717) is 24.7 Å². The van der Waals surface area contributed by atoms with Crippen LogP contribution in [0.3, 0.4) is 0 Å². The molecule has 3 nitrogen and oxygen atoms in total. The highest BCUT2D eigenvalue weighted by molar-refractivity contribution is 9.10. The van der Waals surface area contributed by atoms with Crippen LogP contribution in [0.5, 0.6) is 11.5 Å². The fourth-order valence-electron chi connectivity index (χ4n) is 2.78. The maximum atomic E-state index is 13.4. The molecule has 28 heavy (non-hydrogen) atoms. The lowest BCUT2D eigenvalue weighted by Gasteiger charge is -2.16. The molecule has 0 radical (unpaired) electrons. The van der Waals surface area contributed by atoms with Crippen molar-refractivity contribution in [3.05, 3.63) is 87.6 Å². The Bertz CT molecular complexity index is 928. The summed E-state index contributed by atoms with van der Waals surface area (Å²) >= 11 is 3.58. The molecule has 0 heterocycles. The summed E-state index contributed by atoms with van der Waals surface area (Å²) in [4.78, 5) is 0. The third-order valence-corrected chi connectivity index (χ3v) is 4.78. The Morgan fingerprint density at radius 3 is 2.46 bits per heavy atom. The molecule has 0 amide bonds. The molecule has 0 fully saturated rings. The number of halogens is 2. The van der Waals surface area contributed by atoms with E-state index in [9.17, 15) is 4.39 Å². The summed E-state index contributed by atoms with van der Waals surface area (Å²) in [5, 5.41) is 3.41. The fraction of sp³-hybridized carbons (Fsp3) is 0.217. The normalized spacial score (nSPS) is 10.6. The number of hydrogen-bond donors (Lipinski definition) is 1. The average Bonchev–Trinajstić information content (AvgIpc) is 2.67. The van der Waals surface area contributed by atoms with Crippen molar-refractivity contribution >= 4 is 21.6 Å². The molecule has 3 aromatic carbocycles. The van der Waals surface area contributed by atoms with Crippen LogP contribution in [-0.4, -0.2) is 6.61 Å². The lowest BCUT2D eigenvalue weighted by atomic mass is 10.1. The van der Waals surface area contributed by atoms with Crippen LogP contribution in [0.1, 0.15) is 23.6 Å². The van der Waals surface area contributed by atoms with E-state index in [4.69, 9.17) is 9.47 Å². The zero-order valence-corrected chi connectivity index (χ0v) is 17.6. The lowest BCUT2D eigenvalue weighted by Crippen LogP contribution is -2.04. The minimum Gasteiger partial charge on any atom is -0.490 e. The van der Waals surface area contributed by atoms with Gasteiger partial charge in [0, 0.05) is 12.2 Å². The molecule has 0 bridgehead atoms. The summed E-state index contributed by atoms with van der Waals surface area (Å²) in [5.74, 6) is 1.00. The molecule has 0 saturated carbocycles. The second kappa shape index (κ2) is 9.60. The molecule has 0 atom stereocenters. The summed E-state index contributed by atoms with van der Waals surface area (Å²) in [6.45, 7) is 5.44. The molecule has 3 rings (SSSR count). The van der Waals surface area contributed by atoms with Crippen molar-refractivity contribution in [3.63, 3.8) is 0 Å². The first kappa shape index (κ1) is 20.2. The van der Waals surface area contributed by atoms with Crippen LogP contribution in [0.25, 0.3) is 0 Å². The predicted molar refractivity (Wildman–Crippen MR) is 115 cm³/mol. The molecule has 5 heteroatoms. The minimum atomic E-state index is -0.275. The van der Waals surface area contributed by atoms with Crippen molar-refractivity contribution < 1.29 is 13.9 Å². The first-order chi connectivity index (χ1) is 13.5. The third-order valence-electron chi connectivity index (χ3n) is 4.19. The number of benzene rings is 3. The highest BCUT2D eigenvalue weighted by Gasteiger charge is 2.13. The van der Waals surface area contributed by atoms with E-state index in [2.05, 4.69) is 52.4 Å². The van der Waals surface area contributed by atoms with Gasteiger partial charge in [0.25, 0.3) is 0 Å². The summed E-state index contributed by atoms with van der Waals surface area (Å²) in [5.41, 5.74) is 4.12. The van der Waals surface area contributed by atoms with E-state index in [1.54, 1.807) is 6.07 Å². The Kier molecular flexibility index (Phi) is 6.93. The molecule has 0 aromatic heterocycles. The molecule has 0 spiro atoms. The quantitative estimate of drug-likeness (QED) is 0.431. The van der Waals surface area contributed by atoms with Gasteiger partial charge >= 0.3 is 0 Å². The van der Waals surface area contributed by atoms with Gasteiger partial charge in [0.05, 0.1) is 11.1 Å². The predicted octanol–water partition coefficient (Wildman–Crippen LogP) is 6.49. The van der Waals surface area contributed by atoms with Crippen molar-refractivity contribution in [3.8, 4) is 11.5 Å². The van der Waals surface area contributed by atoms with Crippen molar-refractivity contribution in [2.75, 3.05) is 11.9 Å². The van der Waals surface area contributed by atoms with Crippen molar-refractivity contribution in [2.45, 2.75) is 27.0 Å². The second-order valence-electron chi connectivity index (χ2n) is 6.48. The Morgan fingerprint density at radius 2 is 1.75 bits per heavy atom. The van der Waals surface area contributed by atoms with Gasteiger partial charge in [-0.2, -0.15) is 0 Å². The zero-order chi connectivity index (χ0) is 19.9. The monoisotopic (exact) mass is 443 g/mol. The highest BCUT2D eigenvalue weighted by atomic mass is 79.9. The summed E-state index contributed by atoms with van der Waals surface area (Å²) in [6, 6.07) is 18.6. The van der Waals surface area contributed by atoms with Crippen molar-refractivity contribution in [1.29, 1.82) is 0 Å². The van der Waals surface area contributed by atoms with Gasteiger partial charge < -0.3 is 14.8 Å². The largest absolute Gasteiger partial charge is 0.490 e. The second-order valence-corrected chi connectivity index (χ2v) is 7.33. The van der Waals surface area contributed by atoms with Crippen LogP contribution >= 0.6 is 15.9 Å². The zero-order valence-electron chi connectivity index (χ0n) is 16.0. The van der Waals surface area contributed by atoms with Gasteiger partial charge in [0.1, 0.15) is 12.4 Å². The highest BCUT2D eigenvalue weighted by Crippen LogP contribution is 2.37.